The monoisotopic (exact) mass is 384 g/mol. The number of hydrogen-bond acceptors (Lipinski definition) is 1. The number of halogens is 1. The van der Waals surface area contributed by atoms with Gasteiger partial charge in [0.05, 0.1) is 0 Å². The Bertz CT molecular complexity index is 769. The van der Waals surface area contributed by atoms with Crippen molar-refractivity contribution in [3.63, 3.8) is 0 Å². The number of benzene rings is 2. The molecule has 0 fully saturated rings. The van der Waals surface area contributed by atoms with Crippen molar-refractivity contribution in [2.45, 2.75) is 57.8 Å². The van der Waals surface area contributed by atoms with E-state index in [4.69, 9.17) is 0 Å². The van der Waals surface area contributed by atoms with Crippen LogP contribution in [-0.2, 0) is 17.3 Å². The van der Waals surface area contributed by atoms with E-state index >= 15 is 0 Å². The van der Waals surface area contributed by atoms with Gasteiger partial charge in [-0.15, -0.1) is 0 Å². The molecule has 1 nitrogen and oxygen atoms in total. The summed E-state index contributed by atoms with van der Waals surface area (Å²) in [6.07, 6.45) is 2.81. The lowest BCUT2D eigenvalue weighted by Crippen LogP contribution is -2.34. The third kappa shape index (κ3) is 3.35. The van der Waals surface area contributed by atoms with Crippen LogP contribution in [-0.4, -0.2) is 5.78 Å². The molecule has 1 aliphatic rings. The van der Waals surface area contributed by atoms with Gasteiger partial charge in [-0.05, 0) is 58.6 Å². The van der Waals surface area contributed by atoms with E-state index in [1.807, 2.05) is 30.3 Å². The van der Waals surface area contributed by atoms with E-state index in [1.54, 1.807) is 0 Å². The molecule has 126 valence electrons. The Kier molecular flexibility index (Phi) is 4.46. The van der Waals surface area contributed by atoms with Gasteiger partial charge in [-0.2, -0.15) is 0 Å². The van der Waals surface area contributed by atoms with Gasteiger partial charge < -0.3 is 0 Å². The summed E-state index contributed by atoms with van der Waals surface area (Å²) in [5.41, 5.74) is 4.97. The molecule has 0 radical (unpaired) electrons. The number of carbonyl (C=O) groups excluding carboxylic acids is 1. The quantitative estimate of drug-likeness (QED) is 0.573. The topological polar surface area (TPSA) is 17.1 Å². The maximum absolute atomic E-state index is 12.7. The first-order valence-electron chi connectivity index (χ1n) is 8.62. The van der Waals surface area contributed by atoms with Crippen LogP contribution in [0.25, 0.3) is 0 Å². The highest BCUT2D eigenvalue weighted by atomic mass is 79.9. The van der Waals surface area contributed by atoms with Gasteiger partial charge in [-0.1, -0.05) is 67.9 Å². The second-order valence-corrected chi connectivity index (χ2v) is 9.17. The maximum Gasteiger partial charge on any atom is 0.167 e. The molecular weight excluding hydrogens is 360 g/mol. The Labute approximate surface area is 153 Å². The van der Waals surface area contributed by atoms with E-state index in [-0.39, 0.29) is 16.6 Å². The smallest absolute Gasteiger partial charge is 0.167 e. The minimum Gasteiger partial charge on any atom is -0.294 e. The third-order valence-electron chi connectivity index (χ3n) is 5.45. The fourth-order valence-electron chi connectivity index (χ4n) is 3.65. The molecule has 0 amide bonds. The molecule has 2 aromatic rings. The van der Waals surface area contributed by atoms with E-state index < -0.39 is 0 Å². The first kappa shape index (κ1) is 17.4. The average Bonchev–Trinajstić information content (AvgIpc) is 2.54. The van der Waals surface area contributed by atoms with Gasteiger partial charge in [-0.25, -0.2) is 0 Å². The second kappa shape index (κ2) is 6.15. The van der Waals surface area contributed by atoms with Gasteiger partial charge in [0.25, 0.3) is 0 Å². The molecule has 0 spiro atoms. The van der Waals surface area contributed by atoms with E-state index in [2.05, 4.69) is 55.8 Å². The Balaban J connectivity index is 1.92. The fourth-order valence-corrected chi connectivity index (χ4v) is 3.92. The van der Waals surface area contributed by atoms with Crippen LogP contribution in [0.3, 0.4) is 0 Å². The normalized spacial score (nSPS) is 18.0. The molecule has 0 heterocycles. The summed E-state index contributed by atoms with van der Waals surface area (Å²) in [7, 11) is 0. The molecule has 0 N–H and O–H groups in total. The molecule has 24 heavy (non-hydrogen) atoms. The van der Waals surface area contributed by atoms with Crippen molar-refractivity contribution in [2.24, 2.45) is 0 Å². The summed E-state index contributed by atoms with van der Waals surface area (Å²) >= 11 is 3.44. The molecule has 2 heteroatoms. The largest absolute Gasteiger partial charge is 0.294 e. The summed E-state index contributed by atoms with van der Waals surface area (Å²) in [6, 6.07) is 14.3. The molecule has 0 saturated carbocycles. The van der Waals surface area contributed by atoms with Crippen LogP contribution in [0.2, 0.25) is 0 Å². The molecule has 3 rings (SSSR count). The summed E-state index contributed by atoms with van der Waals surface area (Å²) < 4.78 is 1.04. The van der Waals surface area contributed by atoms with Crippen molar-refractivity contribution in [2.75, 3.05) is 0 Å². The van der Waals surface area contributed by atoms with Crippen LogP contribution in [0.15, 0.2) is 46.9 Å². The van der Waals surface area contributed by atoms with Gasteiger partial charge in [0, 0.05) is 16.5 Å². The van der Waals surface area contributed by atoms with Gasteiger partial charge in [0.1, 0.15) is 0 Å². The molecular formula is C22H25BrO. The molecule has 0 aromatic heterocycles. The molecule has 0 unspecified atom stereocenters. The second-order valence-electron chi connectivity index (χ2n) is 8.25. The van der Waals surface area contributed by atoms with Crippen molar-refractivity contribution >= 4 is 21.7 Å². The summed E-state index contributed by atoms with van der Waals surface area (Å²) in [5, 5.41) is 0. The van der Waals surface area contributed by atoms with Gasteiger partial charge in [-0.3, -0.25) is 4.79 Å². The third-order valence-corrected chi connectivity index (χ3v) is 5.98. The molecule has 2 aromatic carbocycles. The maximum atomic E-state index is 12.7. The number of ketones is 1. The molecule has 1 aliphatic carbocycles. The number of Topliss-reactive ketones (excluding diaryl/α,β-unsaturated/α-hetero) is 1. The van der Waals surface area contributed by atoms with Crippen molar-refractivity contribution < 1.29 is 4.79 Å². The Morgan fingerprint density at radius 2 is 1.50 bits per heavy atom. The fraction of sp³-hybridized carbons (Fsp3) is 0.409. The summed E-state index contributed by atoms with van der Waals surface area (Å²) in [4.78, 5) is 12.7. The highest BCUT2D eigenvalue weighted by molar-refractivity contribution is 9.10. The van der Waals surface area contributed by atoms with Crippen molar-refractivity contribution in [3.8, 4) is 0 Å². The molecule has 0 atom stereocenters. The predicted molar refractivity (Wildman–Crippen MR) is 104 cm³/mol. The van der Waals surface area contributed by atoms with Crippen LogP contribution >= 0.6 is 15.9 Å². The van der Waals surface area contributed by atoms with Crippen LogP contribution in [0.4, 0.5) is 0 Å². The number of hydrogen-bond donors (Lipinski definition) is 0. The zero-order chi connectivity index (χ0) is 17.5. The average molecular weight is 385 g/mol. The van der Waals surface area contributed by atoms with E-state index in [9.17, 15) is 4.79 Å². The lowest BCUT2D eigenvalue weighted by molar-refractivity contribution is 0.0992. The number of carbonyl (C=O) groups is 1. The van der Waals surface area contributed by atoms with Gasteiger partial charge >= 0.3 is 0 Å². The van der Waals surface area contributed by atoms with E-state index in [0.29, 0.717) is 6.42 Å². The first-order valence-corrected chi connectivity index (χ1v) is 9.41. The standard InChI is InChI=1S/C22H25BrO/c1-21(2)11-12-22(3,4)19-14-16(7-10-18(19)21)20(24)13-15-5-8-17(23)9-6-15/h5-10,14H,11-13H2,1-4H3. The Hall–Kier alpha value is -1.41. The predicted octanol–water partition coefficient (Wildman–Crippen LogP) is 6.22. The van der Waals surface area contributed by atoms with Crippen LogP contribution in [0, 0.1) is 0 Å². The highest BCUT2D eigenvalue weighted by Crippen LogP contribution is 2.45. The Morgan fingerprint density at radius 3 is 2.12 bits per heavy atom. The van der Waals surface area contributed by atoms with Gasteiger partial charge in [0.15, 0.2) is 5.78 Å². The van der Waals surface area contributed by atoms with Crippen molar-refractivity contribution in [3.05, 3.63) is 69.2 Å². The minimum atomic E-state index is 0.138. The van der Waals surface area contributed by atoms with Gasteiger partial charge in [0.2, 0.25) is 0 Å². The van der Waals surface area contributed by atoms with E-state index in [0.717, 1.165) is 22.0 Å². The number of fused-ring (bicyclic) bond motifs is 1. The van der Waals surface area contributed by atoms with Crippen LogP contribution in [0.5, 0.6) is 0 Å². The lowest BCUT2D eigenvalue weighted by atomic mass is 9.63. The lowest BCUT2D eigenvalue weighted by Gasteiger charge is -2.42. The highest BCUT2D eigenvalue weighted by Gasteiger charge is 2.37. The summed E-state index contributed by atoms with van der Waals surface area (Å²) in [5.74, 6) is 0.194. The summed E-state index contributed by atoms with van der Waals surface area (Å²) in [6.45, 7) is 9.21. The molecule has 0 saturated heterocycles. The van der Waals surface area contributed by atoms with E-state index in [1.165, 1.54) is 17.5 Å². The zero-order valence-corrected chi connectivity index (χ0v) is 16.5. The minimum absolute atomic E-state index is 0.138. The first-order chi connectivity index (χ1) is 11.2. The van der Waals surface area contributed by atoms with Crippen molar-refractivity contribution in [1.82, 2.24) is 0 Å². The molecule has 0 aliphatic heterocycles. The van der Waals surface area contributed by atoms with Crippen LogP contribution in [0.1, 0.15) is 67.6 Å². The van der Waals surface area contributed by atoms with Crippen molar-refractivity contribution in [1.29, 1.82) is 0 Å². The van der Waals surface area contributed by atoms with Crippen LogP contribution < -0.4 is 0 Å². The SMILES string of the molecule is CC1(C)CCC(C)(C)c2cc(C(=O)Cc3ccc(Br)cc3)ccc21. The number of rotatable bonds is 3. The zero-order valence-electron chi connectivity index (χ0n) is 14.9. The molecule has 0 bridgehead atoms. The Morgan fingerprint density at radius 1 is 0.917 bits per heavy atom.